The predicted molar refractivity (Wildman–Crippen MR) is 67.1 cm³/mol. The van der Waals surface area contributed by atoms with Gasteiger partial charge >= 0.3 is 0 Å². The topological polar surface area (TPSA) is 60.0 Å². The first kappa shape index (κ1) is 10.9. The van der Waals surface area contributed by atoms with Gasteiger partial charge in [0.2, 0.25) is 0 Å². The molecule has 0 bridgehead atoms. The summed E-state index contributed by atoms with van der Waals surface area (Å²) in [5.41, 5.74) is 2.85. The monoisotopic (exact) mass is 242 g/mol. The zero-order chi connectivity index (χ0) is 12.4. The molecule has 0 amide bonds. The van der Waals surface area contributed by atoms with Crippen LogP contribution >= 0.6 is 0 Å². The summed E-state index contributed by atoms with van der Waals surface area (Å²) in [7, 11) is 1.89. The quantitative estimate of drug-likeness (QED) is 0.731. The lowest BCUT2D eigenvalue weighted by Gasteiger charge is -1.94. The highest BCUT2D eigenvalue weighted by molar-refractivity contribution is 5.39. The van der Waals surface area contributed by atoms with E-state index in [-0.39, 0.29) is 0 Å². The molecule has 6 heteroatoms. The van der Waals surface area contributed by atoms with E-state index in [0.29, 0.717) is 6.54 Å². The Bertz CT molecular complexity index is 620. The van der Waals surface area contributed by atoms with Crippen molar-refractivity contribution in [3.63, 3.8) is 0 Å². The minimum atomic E-state index is 0.637. The Morgan fingerprint density at radius 1 is 1.22 bits per heavy atom. The molecule has 0 atom stereocenters. The maximum atomic E-state index is 4.52. The van der Waals surface area contributed by atoms with Gasteiger partial charge in [0.15, 0.2) is 0 Å². The third-order valence-corrected chi connectivity index (χ3v) is 2.68. The van der Waals surface area contributed by atoms with Gasteiger partial charge < -0.3 is 9.72 Å². The van der Waals surface area contributed by atoms with Crippen LogP contribution in [0.5, 0.6) is 0 Å². The molecule has 1 N–H and O–H groups in total. The van der Waals surface area contributed by atoms with E-state index in [9.17, 15) is 0 Å². The smallest absolute Gasteiger partial charge is 0.137 e. The maximum absolute atomic E-state index is 4.52. The van der Waals surface area contributed by atoms with E-state index < -0.39 is 0 Å². The molecular formula is C12H14N6. The number of pyridine rings is 1. The van der Waals surface area contributed by atoms with E-state index in [2.05, 4.69) is 20.6 Å². The van der Waals surface area contributed by atoms with Crippen molar-refractivity contribution in [2.45, 2.75) is 13.1 Å². The minimum absolute atomic E-state index is 0.637. The van der Waals surface area contributed by atoms with E-state index in [0.717, 1.165) is 23.6 Å². The van der Waals surface area contributed by atoms with Crippen LogP contribution < -0.4 is 5.32 Å². The summed E-state index contributed by atoms with van der Waals surface area (Å²) in [5, 5.41) is 11.2. The van der Waals surface area contributed by atoms with Crippen LogP contribution in [0.2, 0.25) is 0 Å². The van der Waals surface area contributed by atoms with Crippen LogP contribution in [0.1, 0.15) is 11.4 Å². The van der Waals surface area contributed by atoms with Crippen LogP contribution in [0.25, 0.3) is 5.65 Å². The molecule has 0 saturated carbocycles. The SMILES string of the molecule is CNCc1cn(Cc2cn3ccccc3n2)nn1. The van der Waals surface area contributed by atoms with Gasteiger partial charge in [-0.3, -0.25) is 0 Å². The van der Waals surface area contributed by atoms with Gasteiger partial charge in [-0.2, -0.15) is 0 Å². The summed E-state index contributed by atoms with van der Waals surface area (Å²) in [6, 6.07) is 5.95. The molecule has 3 heterocycles. The van der Waals surface area contributed by atoms with E-state index in [1.54, 1.807) is 4.68 Å². The van der Waals surface area contributed by atoms with Crippen molar-refractivity contribution in [3.8, 4) is 0 Å². The zero-order valence-corrected chi connectivity index (χ0v) is 10.1. The van der Waals surface area contributed by atoms with Crippen molar-refractivity contribution in [3.05, 3.63) is 48.2 Å². The lowest BCUT2D eigenvalue weighted by molar-refractivity contribution is 0.640. The van der Waals surface area contributed by atoms with Crippen LogP contribution in [-0.2, 0) is 13.1 Å². The Balaban J connectivity index is 1.82. The highest BCUT2D eigenvalue weighted by Crippen LogP contribution is 2.06. The third kappa shape index (κ3) is 2.10. The summed E-state index contributed by atoms with van der Waals surface area (Å²) in [6.45, 7) is 1.36. The molecule has 0 aliphatic heterocycles. The zero-order valence-electron chi connectivity index (χ0n) is 10.1. The molecule has 6 nitrogen and oxygen atoms in total. The van der Waals surface area contributed by atoms with Gasteiger partial charge in [-0.15, -0.1) is 5.10 Å². The number of hydrogen-bond donors (Lipinski definition) is 1. The van der Waals surface area contributed by atoms with Crippen molar-refractivity contribution in [1.29, 1.82) is 0 Å². The van der Waals surface area contributed by atoms with Crippen LogP contribution in [0.15, 0.2) is 36.8 Å². The summed E-state index contributed by atoms with van der Waals surface area (Å²) >= 11 is 0. The number of imidazole rings is 1. The second-order valence-corrected chi connectivity index (χ2v) is 4.14. The fourth-order valence-corrected chi connectivity index (χ4v) is 1.91. The Morgan fingerprint density at radius 2 is 2.17 bits per heavy atom. The maximum Gasteiger partial charge on any atom is 0.137 e. The van der Waals surface area contributed by atoms with Crippen molar-refractivity contribution >= 4 is 5.65 Å². The molecule has 3 aromatic heterocycles. The van der Waals surface area contributed by atoms with Gasteiger partial charge in [-0.05, 0) is 19.2 Å². The first-order valence-corrected chi connectivity index (χ1v) is 5.81. The molecule has 18 heavy (non-hydrogen) atoms. The van der Waals surface area contributed by atoms with Crippen molar-refractivity contribution in [1.82, 2.24) is 29.7 Å². The van der Waals surface area contributed by atoms with Crippen molar-refractivity contribution in [2.24, 2.45) is 0 Å². The molecule has 0 radical (unpaired) electrons. The summed E-state index contributed by atoms with van der Waals surface area (Å²) in [6.07, 6.45) is 5.93. The first-order chi connectivity index (χ1) is 8.85. The van der Waals surface area contributed by atoms with Gasteiger partial charge in [0, 0.05) is 18.9 Å². The lowest BCUT2D eigenvalue weighted by atomic mass is 10.4. The number of nitrogens with zero attached hydrogens (tertiary/aromatic N) is 5. The molecule has 3 rings (SSSR count). The fraction of sp³-hybridized carbons (Fsp3) is 0.250. The summed E-state index contributed by atoms with van der Waals surface area (Å²) in [5.74, 6) is 0. The largest absolute Gasteiger partial charge is 0.314 e. The van der Waals surface area contributed by atoms with E-state index in [1.165, 1.54) is 0 Å². The number of hydrogen-bond acceptors (Lipinski definition) is 4. The number of nitrogens with one attached hydrogen (secondary N) is 1. The van der Waals surface area contributed by atoms with Gasteiger partial charge in [0.05, 0.1) is 24.1 Å². The number of aromatic nitrogens is 5. The van der Waals surface area contributed by atoms with Gasteiger partial charge in [-0.1, -0.05) is 11.3 Å². The molecule has 92 valence electrons. The molecular weight excluding hydrogens is 228 g/mol. The van der Waals surface area contributed by atoms with Crippen molar-refractivity contribution in [2.75, 3.05) is 7.05 Å². The molecule has 0 spiro atoms. The Kier molecular flexibility index (Phi) is 2.77. The van der Waals surface area contributed by atoms with Crippen LogP contribution in [0.3, 0.4) is 0 Å². The van der Waals surface area contributed by atoms with E-state index in [4.69, 9.17) is 0 Å². The second kappa shape index (κ2) is 4.58. The molecule has 0 aliphatic rings. The third-order valence-electron chi connectivity index (χ3n) is 2.68. The number of rotatable bonds is 4. The van der Waals surface area contributed by atoms with Crippen LogP contribution in [0.4, 0.5) is 0 Å². The second-order valence-electron chi connectivity index (χ2n) is 4.14. The standard InChI is InChI=1S/C12H14N6/c1-13-6-10-8-18(16-15-10)9-11-7-17-5-3-2-4-12(17)14-11/h2-5,7-8,13H,6,9H2,1H3. The molecule has 0 saturated heterocycles. The Hall–Kier alpha value is -2.21. The van der Waals surface area contributed by atoms with E-state index in [1.807, 2.05) is 48.2 Å². The fourth-order valence-electron chi connectivity index (χ4n) is 1.91. The van der Waals surface area contributed by atoms with Gasteiger partial charge in [0.25, 0.3) is 0 Å². The van der Waals surface area contributed by atoms with Crippen LogP contribution in [0, 0.1) is 0 Å². The normalized spacial score (nSPS) is 11.2. The van der Waals surface area contributed by atoms with Gasteiger partial charge in [-0.25, -0.2) is 9.67 Å². The summed E-state index contributed by atoms with van der Waals surface area (Å²) < 4.78 is 3.80. The Morgan fingerprint density at radius 3 is 3.00 bits per heavy atom. The molecule has 3 aromatic rings. The highest BCUT2D eigenvalue weighted by atomic mass is 15.4. The molecule has 0 fully saturated rings. The molecule has 0 aliphatic carbocycles. The number of fused-ring (bicyclic) bond motifs is 1. The average molecular weight is 242 g/mol. The predicted octanol–water partition coefficient (Wildman–Crippen LogP) is 0.693. The van der Waals surface area contributed by atoms with Crippen molar-refractivity contribution < 1.29 is 0 Å². The summed E-state index contributed by atoms with van der Waals surface area (Å²) in [4.78, 5) is 4.52. The average Bonchev–Trinajstić information content (AvgIpc) is 2.96. The van der Waals surface area contributed by atoms with E-state index >= 15 is 0 Å². The lowest BCUT2D eigenvalue weighted by Crippen LogP contribution is -2.05. The molecule has 0 unspecified atom stereocenters. The Labute approximate surface area is 104 Å². The van der Waals surface area contributed by atoms with Gasteiger partial charge in [0.1, 0.15) is 5.65 Å². The highest BCUT2D eigenvalue weighted by Gasteiger charge is 2.04. The first-order valence-electron chi connectivity index (χ1n) is 5.81. The minimum Gasteiger partial charge on any atom is -0.314 e. The van der Waals surface area contributed by atoms with Crippen LogP contribution in [-0.4, -0.2) is 31.4 Å². The molecule has 0 aromatic carbocycles.